The maximum absolute atomic E-state index is 5.62. The average Bonchev–Trinajstić information content (AvgIpc) is 2.32. The van der Waals surface area contributed by atoms with Crippen molar-refractivity contribution in [3.8, 4) is 0 Å². The molecule has 0 aliphatic rings. The molecule has 0 aliphatic carbocycles. The summed E-state index contributed by atoms with van der Waals surface area (Å²) in [7, 11) is 0. The van der Waals surface area contributed by atoms with Gasteiger partial charge in [0.2, 0.25) is 0 Å². The number of hydrogen-bond donors (Lipinski definition) is 1. The molecule has 0 aliphatic heterocycles. The van der Waals surface area contributed by atoms with E-state index >= 15 is 0 Å². The number of hydrazone groups is 1. The predicted octanol–water partition coefficient (Wildman–Crippen LogP) is 3.18. The van der Waals surface area contributed by atoms with Gasteiger partial charge in [-0.1, -0.05) is 23.7 Å². The molecule has 1 aromatic heterocycles. The number of halogens is 2. The summed E-state index contributed by atoms with van der Waals surface area (Å²) in [6, 6.07) is 11.4. The van der Waals surface area contributed by atoms with Crippen molar-refractivity contribution < 1.29 is 0 Å². The van der Waals surface area contributed by atoms with Gasteiger partial charge in [0, 0.05) is 3.57 Å². The smallest absolute Gasteiger partial charge is 0.168 e. The van der Waals surface area contributed by atoms with Gasteiger partial charge in [-0.2, -0.15) is 5.10 Å². The van der Waals surface area contributed by atoms with Gasteiger partial charge in [-0.15, -0.1) is 10.2 Å². The topological polar surface area (TPSA) is 50.2 Å². The SMILES string of the molecule is Clc1ccc(N/N=C\c2cccc(I)c2)nn1. The van der Waals surface area contributed by atoms with Gasteiger partial charge in [0.15, 0.2) is 11.0 Å². The highest BCUT2D eigenvalue weighted by atomic mass is 127. The van der Waals surface area contributed by atoms with E-state index in [0.717, 1.165) is 9.13 Å². The second-order valence-electron chi connectivity index (χ2n) is 3.17. The zero-order valence-electron chi connectivity index (χ0n) is 8.64. The highest BCUT2D eigenvalue weighted by Crippen LogP contribution is 2.07. The van der Waals surface area contributed by atoms with Crippen LogP contribution in [0.4, 0.5) is 5.82 Å². The van der Waals surface area contributed by atoms with Crippen molar-refractivity contribution in [2.75, 3.05) is 5.43 Å². The average molecular weight is 359 g/mol. The van der Waals surface area contributed by atoms with E-state index in [0.29, 0.717) is 11.0 Å². The van der Waals surface area contributed by atoms with Gasteiger partial charge in [0.25, 0.3) is 0 Å². The summed E-state index contributed by atoms with van der Waals surface area (Å²) >= 11 is 7.87. The third-order valence-corrected chi connectivity index (χ3v) is 2.75. The van der Waals surface area contributed by atoms with Crippen LogP contribution in [0, 0.1) is 3.57 Å². The van der Waals surface area contributed by atoms with Gasteiger partial charge in [0.1, 0.15) is 0 Å². The van der Waals surface area contributed by atoms with Gasteiger partial charge < -0.3 is 0 Å². The van der Waals surface area contributed by atoms with Gasteiger partial charge in [-0.25, -0.2) is 0 Å². The fraction of sp³-hybridized carbons (Fsp3) is 0. The van der Waals surface area contributed by atoms with Crippen molar-refractivity contribution in [1.82, 2.24) is 10.2 Å². The Labute approximate surface area is 117 Å². The van der Waals surface area contributed by atoms with Crippen LogP contribution < -0.4 is 5.43 Å². The first-order valence-electron chi connectivity index (χ1n) is 4.78. The van der Waals surface area contributed by atoms with E-state index in [1.807, 2.05) is 24.3 Å². The Bertz CT molecular complexity index is 527. The molecule has 0 unspecified atom stereocenters. The lowest BCUT2D eigenvalue weighted by Gasteiger charge is -1.97. The third kappa shape index (κ3) is 3.94. The number of aromatic nitrogens is 2. The van der Waals surface area contributed by atoms with E-state index in [1.165, 1.54) is 0 Å². The first-order valence-corrected chi connectivity index (χ1v) is 6.23. The first-order chi connectivity index (χ1) is 8.24. The van der Waals surface area contributed by atoms with Crippen molar-refractivity contribution in [1.29, 1.82) is 0 Å². The summed E-state index contributed by atoms with van der Waals surface area (Å²) in [6.45, 7) is 0. The van der Waals surface area contributed by atoms with E-state index in [9.17, 15) is 0 Å². The Balaban J connectivity index is 2.00. The maximum Gasteiger partial charge on any atom is 0.168 e. The maximum atomic E-state index is 5.62. The van der Waals surface area contributed by atoms with Crippen LogP contribution in [0.5, 0.6) is 0 Å². The van der Waals surface area contributed by atoms with E-state index in [1.54, 1.807) is 18.3 Å². The quantitative estimate of drug-likeness (QED) is 0.521. The molecule has 2 rings (SSSR count). The van der Waals surface area contributed by atoms with Crippen molar-refractivity contribution in [3.05, 3.63) is 50.7 Å². The molecule has 1 heterocycles. The van der Waals surface area contributed by atoms with Gasteiger partial charge in [-0.05, 0) is 52.4 Å². The number of nitrogens with zero attached hydrogens (tertiary/aromatic N) is 3. The highest BCUT2D eigenvalue weighted by molar-refractivity contribution is 14.1. The van der Waals surface area contributed by atoms with E-state index < -0.39 is 0 Å². The van der Waals surface area contributed by atoms with Gasteiger partial charge in [0.05, 0.1) is 6.21 Å². The minimum atomic E-state index is 0.358. The Hall–Kier alpha value is -1.21. The molecule has 1 aromatic carbocycles. The molecule has 0 fully saturated rings. The molecule has 0 bridgehead atoms. The van der Waals surface area contributed by atoms with E-state index in [2.05, 4.69) is 43.3 Å². The lowest BCUT2D eigenvalue weighted by molar-refractivity contribution is 1.02. The van der Waals surface area contributed by atoms with Gasteiger partial charge >= 0.3 is 0 Å². The number of hydrogen-bond acceptors (Lipinski definition) is 4. The molecular weight excluding hydrogens is 351 g/mol. The number of anilines is 1. The largest absolute Gasteiger partial charge is 0.260 e. The van der Waals surface area contributed by atoms with Crippen LogP contribution >= 0.6 is 34.2 Å². The lowest BCUT2D eigenvalue weighted by atomic mass is 10.2. The molecule has 0 spiro atoms. The molecule has 0 atom stereocenters. The summed E-state index contributed by atoms with van der Waals surface area (Å²) in [5, 5.41) is 11.9. The number of rotatable bonds is 3. The Morgan fingerprint density at radius 2 is 2.12 bits per heavy atom. The molecule has 6 heteroatoms. The zero-order valence-corrected chi connectivity index (χ0v) is 11.6. The molecule has 1 N–H and O–H groups in total. The Morgan fingerprint density at radius 1 is 1.24 bits per heavy atom. The van der Waals surface area contributed by atoms with Crippen LogP contribution in [-0.4, -0.2) is 16.4 Å². The minimum Gasteiger partial charge on any atom is -0.260 e. The van der Waals surface area contributed by atoms with Crippen molar-refractivity contribution in [3.63, 3.8) is 0 Å². The molecule has 17 heavy (non-hydrogen) atoms. The normalized spacial score (nSPS) is 10.7. The summed E-state index contributed by atoms with van der Waals surface area (Å²) in [5.74, 6) is 0.552. The predicted molar refractivity (Wildman–Crippen MR) is 77.4 cm³/mol. The van der Waals surface area contributed by atoms with Crippen LogP contribution in [0.1, 0.15) is 5.56 Å². The molecule has 0 saturated carbocycles. The molecular formula is C11H8ClIN4. The fourth-order valence-corrected chi connectivity index (χ4v) is 1.80. The molecule has 86 valence electrons. The summed E-state index contributed by atoms with van der Waals surface area (Å²) in [5.41, 5.74) is 3.79. The highest BCUT2D eigenvalue weighted by Gasteiger charge is 1.93. The van der Waals surface area contributed by atoms with Crippen LogP contribution in [0.3, 0.4) is 0 Å². The van der Waals surface area contributed by atoms with Crippen molar-refractivity contribution >= 4 is 46.2 Å². The Morgan fingerprint density at radius 3 is 2.82 bits per heavy atom. The van der Waals surface area contributed by atoms with E-state index in [-0.39, 0.29) is 0 Å². The van der Waals surface area contributed by atoms with Crippen molar-refractivity contribution in [2.45, 2.75) is 0 Å². The summed E-state index contributed by atoms with van der Waals surface area (Å²) < 4.78 is 1.16. The molecule has 0 radical (unpaired) electrons. The van der Waals surface area contributed by atoms with Crippen LogP contribution in [0.25, 0.3) is 0 Å². The van der Waals surface area contributed by atoms with Crippen LogP contribution in [-0.2, 0) is 0 Å². The summed E-state index contributed by atoms with van der Waals surface area (Å²) in [6.07, 6.45) is 1.72. The molecule has 0 amide bonds. The zero-order chi connectivity index (χ0) is 12.1. The van der Waals surface area contributed by atoms with Crippen molar-refractivity contribution in [2.24, 2.45) is 5.10 Å². The summed E-state index contributed by atoms with van der Waals surface area (Å²) in [4.78, 5) is 0. The number of benzene rings is 1. The lowest BCUT2D eigenvalue weighted by Crippen LogP contribution is -1.95. The van der Waals surface area contributed by atoms with Crippen LogP contribution in [0.2, 0.25) is 5.15 Å². The number of nitrogens with one attached hydrogen (secondary N) is 1. The standard InChI is InChI=1S/C11H8ClIN4/c12-10-4-5-11(17-15-10)16-14-7-8-2-1-3-9(13)6-8/h1-7H,(H,16,17)/b14-7-. The van der Waals surface area contributed by atoms with Crippen LogP contribution in [0.15, 0.2) is 41.5 Å². The first kappa shape index (κ1) is 12.3. The third-order valence-electron chi connectivity index (χ3n) is 1.87. The van der Waals surface area contributed by atoms with Gasteiger partial charge in [-0.3, -0.25) is 5.43 Å². The van der Waals surface area contributed by atoms with E-state index in [4.69, 9.17) is 11.6 Å². The monoisotopic (exact) mass is 358 g/mol. The molecule has 4 nitrogen and oxygen atoms in total. The second-order valence-corrected chi connectivity index (χ2v) is 4.80. The fourth-order valence-electron chi connectivity index (χ4n) is 1.14. The molecule has 0 saturated heterocycles. The Kier molecular flexibility index (Phi) is 4.27. The molecule has 2 aromatic rings. The minimum absolute atomic E-state index is 0.358. The second kappa shape index (κ2) is 5.92.